The molecule has 6 nitrogen and oxygen atoms in total. The van der Waals surface area contributed by atoms with E-state index in [1.807, 2.05) is 115 Å². The largest absolute Gasteiger partial charge is 0.226 e. The average molecular weight is 575 g/mol. The van der Waals surface area contributed by atoms with Gasteiger partial charge < -0.3 is 0 Å². The highest BCUT2D eigenvalue weighted by atomic mass is 35.5. The van der Waals surface area contributed by atoms with Crippen LogP contribution >= 0.6 is 11.6 Å². The summed E-state index contributed by atoms with van der Waals surface area (Å²) in [6.45, 7) is 0. The molecule has 2 heterocycles. The zero-order chi connectivity index (χ0) is 29.0. The van der Waals surface area contributed by atoms with E-state index in [2.05, 4.69) is 34.2 Å². The molecule has 5 aromatic carbocycles. The number of benzene rings is 5. The van der Waals surface area contributed by atoms with Crippen molar-refractivity contribution in [3.05, 3.63) is 145 Å². The summed E-state index contributed by atoms with van der Waals surface area (Å²) in [7, 11) is 0. The van der Waals surface area contributed by atoms with Crippen LogP contribution in [0.1, 0.15) is 0 Å². The Morgan fingerprint density at radius 2 is 0.558 bits per heavy atom. The summed E-state index contributed by atoms with van der Waals surface area (Å²) in [5.41, 5.74) is 6.22. The van der Waals surface area contributed by atoms with E-state index in [0.717, 1.165) is 38.9 Å². The van der Waals surface area contributed by atoms with Crippen molar-refractivity contribution in [3.8, 4) is 68.1 Å². The smallest absolute Gasteiger partial charge is 0.208 e. The van der Waals surface area contributed by atoms with Gasteiger partial charge in [0, 0.05) is 27.8 Å². The van der Waals surface area contributed by atoms with Crippen LogP contribution in [0.4, 0.5) is 0 Å². The molecule has 0 saturated heterocycles. The molecule has 43 heavy (non-hydrogen) atoms. The van der Waals surface area contributed by atoms with Gasteiger partial charge in [-0.05, 0) is 40.9 Å². The van der Waals surface area contributed by atoms with Crippen LogP contribution in [0.25, 0.3) is 68.1 Å². The lowest BCUT2D eigenvalue weighted by atomic mass is 9.99. The van der Waals surface area contributed by atoms with Gasteiger partial charge in [0.15, 0.2) is 29.1 Å². The van der Waals surface area contributed by atoms with Crippen LogP contribution in [-0.4, -0.2) is 29.9 Å². The van der Waals surface area contributed by atoms with Crippen LogP contribution in [0.15, 0.2) is 140 Å². The Hall–Kier alpha value is -5.59. The quantitative estimate of drug-likeness (QED) is 0.198. The van der Waals surface area contributed by atoms with Crippen molar-refractivity contribution in [1.29, 1.82) is 0 Å². The molecule has 7 heteroatoms. The molecule has 7 rings (SSSR count). The predicted octanol–water partition coefficient (Wildman–Crippen LogP) is 8.71. The Labute approximate surface area is 253 Å². The summed E-state index contributed by atoms with van der Waals surface area (Å²) in [5.74, 6) is 2.67. The number of hydrogen-bond donors (Lipinski definition) is 0. The minimum absolute atomic E-state index is 0.119. The predicted molar refractivity (Wildman–Crippen MR) is 171 cm³/mol. The zero-order valence-corrected chi connectivity index (χ0v) is 23.6. The fourth-order valence-corrected chi connectivity index (χ4v) is 4.98. The first-order valence-electron chi connectivity index (χ1n) is 13.7. The van der Waals surface area contributed by atoms with Gasteiger partial charge in [0.25, 0.3) is 0 Å². The summed E-state index contributed by atoms with van der Waals surface area (Å²) in [5, 5.41) is 0.119. The average Bonchev–Trinajstić information content (AvgIpc) is 3.09. The molecule has 0 fully saturated rings. The Balaban J connectivity index is 1.45. The fourth-order valence-electron chi connectivity index (χ4n) is 4.82. The molecule has 0 aliphatic heterocycles. The molecule has 0 bridgehead atoms. The second kappa shape index (κ2) is 11.7. The van der Waals surface area contributed by atoms with E-state index < -0.39 is 0 Å². The van der Waals surface area contributed by atoms with Crippen molar-refractivity contribution < 1.29 is 0 Å². The van der Waals surface area contributed by atoms with E-state index >= 15 is 0 Å². The van der Waals surface area contributed by atoms with Crippen LogP contribution in [0.3, 0.4) is 0 Å². The van der Waals surface area contributed by atoms with Gasteiger partial charge in [0.05, 0.1) is 0 Å². The Morgan fingerprint density at radius 1 is 0.279 bits per heavy atom. The monoisotopic (exact) mass is 574 g/mol. The van der Waals surface area contributed by atoms with E-state index in [9.17, 15) is 0 Å². The normalized spacial score (nSPS) is 10.9. The first-order valence-corrected chi connectivity index (χ1v) is 14.1. The molecule has 0 aliphatic rings. The minimum atomic E-state index is 0.119. The van der Waals surface area contributed by atoms with Gasteiger partial charge in [0.1, 0.15) is 0 Å². The number of halogens is 1. The lowest BCUT2D eigenvalue weighted by Crippen LogP contribution is -2.01. The van der Waals surface area contributed by atoms with E-state index in [4.69, 9.17) is 31.5 Å². The van der Waals surface area contributed by atoms with Gasteiger partial charge in [-0.3, -0.25) is 0 Å². The lowest BCUT2D eigenvalue weighted by Gasteiger charge is -2.12. The molecule has 0 atom stereocenters. The van der Waals surface area contributed by atoms with E-state index in [-0.39, 0.29) is 5.28 Å². The van der Waals surface area contributed by atoms with E-state index in [1.54, 1.807) is 0 Å². The molecular weight excluding hydrogens is 552 g/mol. The molecule has 0 saturated carbocycles. The first-order chi connectivity index (χ1) is 21.2. The van der Waals surface area contributed by atoms with E-state index in [1.165, 1.54) is 0 Å². The third-order valence-electron chi connectivity index (χ3n) is 6.90. The van der Waals surface area contributed by atoms with Gasteiger partial charge >= 0.3 is 0 Å². The molecule has 0 radical (unpaired) electrons. The first kappa shape index (κ1) is 26.3. The zero-order valence-electron chi connectivity index (χ0n) is 22.8. The maximum atomic E-state index is 6.45. The minimum Gasteiger partial charge on any atom is -0.208 e. The van der Waals surface area contributed by atoms with Crippen LogP contribution in [0.5, 0.6) is 0 Å². The van der Waals surface area contributed by atoms with Gasteiger partial charge in [0.2, 0.25) is 5.28 Å². The standard InChI is InChI=1S/C36H23ClN6/c37-36-42-33(27-19-11-4-12-20-27)41-35(43-36)30-22-28(24-13-5-1-6-14-24)21-29(23-30)34-39-31(25-15-7-2-8-16-25)38-32(40-34)26-17-9-3-10-18-26/h1-23H. The Kier molecular flexibility index (Phi) is 7.17. The molecule has 0 N–H and O–H groups in total. The molecular formula is C36H23ClN6. The maximum Gasteiger partial charge on any atom is 0.226 e. The van der Waals surface area contributed by atoms with Crippen LogP contribution in [0, 0.1) is 0 Å². The topological polar surface area (TPSA) is 77.3 Å². The second-order valence-corrected chi connectivity index (χ2v) is 10.2. The molecule has 204 valence electrons. The van der Waals surface area contributed by atoms with Crippen molar-refractivity contribution in [1.82, 2.24) is 29.9 Å². The van der Waals surface area contributed by atoms with Crippen LogP contribution in [0.2, 0.25) is 5.28 Å². The van der Waals surface area contributed by atoms with Gasteiger partial charge in [-0.15, -0.1) is 0 Å². The highest BCUT2D eigenvalue weighted by Crippen LogP contribution is 2.33. The highest BCUT2D eigenvalue weighted by Gasteiger charge is 2.16. The van der Waals surface area contributed by atoms with Gasteiger partial charge in [-0.2, -0.15) is 9.97 Å². The van der Waals surface area contributed by atoms with Crippen LogP contribution in [-0.2, 0) is 0 Å². The number of nitrogens with zero attached hydrogens (tertiary/aromatic N) is 6. The van der Waals surface area contributed by atoms with Crippen LogP contribution < -0.4 is 0 Å². The fraction of sp³-hybridized carbons (Fsp3) is 0. The highest BCUT2D eigenvalue weighted by molar-refractivity contribution is 6.28. The number of hydrogen-bond acceptors (Lipinski definition) is 6. The number of rotatable bonds is 6. The summed E-state index contributed by atoms with van der Waals surface area (Å²) < 4.78 is 0. The van der Waals surface area contributed by atoms with Crippen molar-refractivity contribution >= 4 is 11.6 Å². The lowest BCUT2D eigenvalue weighted by molar-refractivity contribution is 1.06. The van der Waals surface area contributed by atoms with E-state index in [0.29, 0.717) is 29.1 Å². The summed E-state index contributed by atoms with van der Waals surface area (Å²) in [4.78, 5) is 28.5. The Bertz CT molecular complexity index is 1960. The molecule has 7 aromatic rings. The van der Waals surface area contributed by atoms with Crippen molar-refractivity contribution in [3.63, 3.8) is 0 Å². The maximum absolute atomic E-state index is 6.45. The van der Waals surface area contributed by atoms with Gasteiger partial charge in [-0.1, -0.05) is 121 Å². The van der Waals surface area contributed by atoms with Gasteiger partial charge in [-0.25, -0.2) is 19.9 Å². The Morgan fingerprint density at radius 3 is 0.953 bits per heavy atom. The summed E-state index contributed by atoms with van der Waals surface area (Å²) in [6, 6.07) is 45.9. The number of aromatic nitrogens is 6. The van der Waals surface area contributed by atoms with Crippen molar-refractivity contribution in [2.45, 2.75) is 0 Å². The van der Waals surface area contributed by atoms with Crippen molar-refractivity contribution in [2.75, 3.05) is 0 Å². The molecule has 0 spiro atoms. The molecule has 0 aliphatic carbocycles. The summed E-state index contributed by atoms with van der Waals surface area (Å²) >= 11 is 6.45. The SMILES string of the molecule is Clc1nc(-c2ccccc2)nc(-c2cc(-c3ccccc3)cc(-c3nc(-c4ccccc4)nc(-c4ccccc4)n3)c2)n1. The molecule has 0 amide bonds. The second-order valence-electron chi connectivity index (χ2n) is 9.82. The third-order valence-corrected chi connectivity index (χ3v) is 7.07. The third kappa shape index (κ3) is 5.77. The molecule has 2 aromatic heterocycles. The summed E-state index contributed by atoms with van der Waals surface area (Å²) in [6.07, 6.45) is 0. The van der Waals surface area contributed by atoms with Crippen molar-refractivity contribution in [2.24, 2.45) is 0 Å². The molecule has 0 unspecified atom stereocenters.